The minimum absolute atomic E-state index is 0. The van der Waals surface area contributed by atoms with Gasteiger partial charge in [0.1, 0.15) is 0 Å². The highest BCUT2D eigenvalue weighted by atomic mass is 13.9. The van der Waals surface area contributed by atoms with Crippen LogP contribution in [0.15, 0.2) is 0 Å². The lowest BCUT2D eigenvalue weighted by Crippen LogP contribution is -1.73. The number of hydrogen-bond donors (Lipinski definition) is 0. The Balaban J connectivity index is -0.0000000306. The first kappa shape index (κ1) is 36.1. The van der Waals surface area contributed by atoms with Crippen LogP contribution in [0.3, 0.4) is 0 Å². The average molecular weight is 265 g/mol. The summed E-state index contributed by atoms with van der Waals surface area (Å²) in [6.45, 7) is 20.8. The summed E-state index contributed by atoms with van der Waals surface area (Å²) >= 11 is 0. The van der Waals surface area contributed by atoms with Gasteiger partial charge in [-0.05, 0) is 0 Å². The van der Waals surface area contributed by atoms with Crippen molar-refractivity contribution in [1.82, 2.24) is 0 Å². The third-order valence-electron chi connectivity index (χ3n) is 1.46. The highest BCUT2D eigenvalue weighted by molar-refractivity contribution is 4.39. The second kappa shape index (κ2) is 88.8. The van der Waals surface area contributed by atoms with Crippen molar-refractivity contribution in [2.75, 3.05) is 0 Å². The van der Waals surface area contributed by atoms with Gasteiger partial charge in [-0.1, -0.05) is 122 Å². The fourth-order valence-corrected chi connectivity index (χ4v) is 0.854. The van der Waals surface area contributed by atoms with Crippen molar-refractivity contribution in [2.45, 2.75) is 122 Å². The van der Waals surface area contributed by atoms with Crippen LogP contribution in [0.4, 0.5) is 0 Å². The minimum Gasteiger partial charge on any atom is -0.0776 e. The molecule has 0 atom stereocenters. The molecular formula is C18H48. The molecule has 0 radical (unpaired) electrons. The van der Waals surface area contributed by atoms with Gasteiger partial charge in [-0.3, -0.25) is 0 Å². The highest BCUT2D eigenvalue weighted by Gasteiger charge is 1.83. The Bertz CT molecular complexity index is 33.3. The van der Waals surface area contributed by atoms with E-state index in [1.54, 1.807) is 0 Å². The molecule has 0 aromatic carbocycles. The molecule has 0 aromatic rings. The number of unbranched alkanes of at least 4 members (excludes halogenated alkanes) is 5. The Morgan fingerprint density at radius 3 is 0.722 bits per heavy atom. The predicted molar refractivity (Wildman–Crippen MR) is 95.8 cm³/mol. The molecule has 0 unspecified atom stereocenters. The lowest BCUT2D eigenvalue weighted by molar-refractivity contribution is 0.624. The van der Waals surface area contributed by atoms with E-state index >= 15 is 0 Å². The summed E-state index contributed by atoms with van der Waals surface area (Å²) in [5.74, 6) is 0. The van der Waals surface area contributed by atoms with Crippen LogP contribution in [0, 0.1) is 0 Å². The maximum atomic E-state index is 2.26. The SMILES string of the molecule is C.CC.CC.CC.CCC.CCCCCCCC. The smallest absolute Gasteiger partial charge is 0.0533 e. The quantitative estimate of drug-likeness (QED) is 0.437. The largest absolute Gasteiger partial charge is 0.0776 e. The average Bonchev–Trinajstić information content (AvgIpc) is 2.43. The monoisotopic (exact) mass is 264 g/mol. The number of hydrogen-bond acceptors (Lipinski definition) is 0. The summed E-state index contributed by atoms with van der Waals surface area (Å²) in [6, 6.07) is 0. The van der Waals surface area contributed by atoms with Crippen LogP contribution in [0.1, 0.15) is 122 Å². The molecule has 0 saturated heterocycles. The van der Waals surface area contributed by atoms with Crippen LogP contribution in [0.2, 0.25) is 0 Å². The number of rotatable bonds is 5. The molecule has 0 aromatic heterocycles. The first-order valence-corrected chi connectivity index (χ1v) is 8.33. The van der Waals surface area contributed by atoms with Crippen LogP contribution in [-0.2, 0) is 0 Å². The van der Waals surface area contributed by atoms with E-state index in [0.717, 1.165) is 0 Å². The second-order valence-electron chi connectivity index (χ2n) is 3.12. The van der Waals surface area contributed by atoms with Gasteiger partial charge >= 0.3 is 0 Å². The van der Waals surface area contributed by atoms with Crippen LogP contribution in [0.5, 0.6) is 0 Å². The lowest BCUT2D eigenvalue weighted by atomic mass is 10.1. The van der Waals surface area contributed by atoms with E-state index in [1.165, 1.54) is 44.9 Å². The van der Waals surface area contributed by atoms with Crippen molar-refractivity contribution in [2.24, 2.45) is 0 Å². The van der Waals surface area contributed by atoms with Crippen LogP contribution in [0.25, 0.3) is 0 Å². The Morgan fingerprint density at radius 2 is 0.611 bits per heavy atom. The highest BCUT2D eigenvalue weighted by Crippen LogP contribution is 2.03. The predicted octanol–water partition coefficient (Wildman–Crippen LogP) is 8.50. The van der Waals surface area contributed by atoms with Gasteiger partial charge in [-0.2, -0.15) is 0 Å². The van der Waals surface area contributed by atoms with Gasteiger partial charge in [0, 0.05) is 0 Å². The van der Waals surface area contributed by atoms with Gasteiger partial charge in [0.25, 0.3) is 0 Å². The fraction of sp³-hybridized carbons (Fsp3) is 1.00. The normalized spacial score (nSPS) is 6.33. The van der Waals surface area contributed by atoms with E-state index in [-0.39, 0.29) is 7.43 Å². The third kappa shape index (κ3) is 144. The van der Waals surface area contributed by atoms with E-state index in [0.29, 0.717) is 0 Å². The van der Waals surface area contributed by atoms with E-state index < -0.39 is 0 Å². The molecule has 0 heterocycles. The zero-order valence-electron chi connectivity index (χ0n) is 14.9. The van der Waals surface area contributed by atoms with Crippen LogP contribution in [-0.4, -0.2) is 0 Å². The van der Waals surface area contributed by atoms with Gasteiger partial charge in [0.05, 0.1) is 0 Å². The Labute approximate surface area is 122 Å². The summed E-state index contributed by atoms with van der Waals surface area (Å²) < 4.78 is 0. The Hall–Kier alpha value is 0. The summed E-state index contributed by atoms with van der Waals surface area (Å²) in [7, 11) is 0. The van der Waals surface area contributed by atoms with Gasteiger partial charge in [0.15, 0.2) is 0 Å². The molecule has 0 nitrogen and oxygen atoms in total. The van der Waals surface area contributed by atoms with E-state index in [1.807, 2.05) is 41.5 Å². The lowest BCUT2D eigenvalue weighted by Gasteiger charge is -1.93. The molecule has 0 rings (SSSR count). The fourth-order valence-electron chi connectivity index (χ4n) is 0.854. The molecule has 0 N–H and O–H groups in total. The van der Waals surface area contributed by atoms with Crippen molar-refractivity contribution in [3.63, 3.8) is 0 Å². The van der Waals surface area contributed by atoms with Crippen molar-refractivity contribution < 1.29 is 0 Å². The molecule has 0 aliphatic carbocycles. The van der Waals surface area contributed by atoms with Gasteiger partial charge in [-0.25, -0.2) is 0 Å². The second-order valence-corrected chi connectivity index (χ2v) is 3.12. The van der Waals surface area contributed by atoms with Gasteiger partial charge in [-0.15, -0.1) is 0 Å². The third-order valence-corrected chi connectivity index (χ3v) is 1.46. The summed E-state index contributed by atoms with van der Waals surface area (Å²) in [5, 5.41) is 0. The van der Waals surface area contributed by atoms with E-state index in [9.17, 15) is 0 Å². The Kier molecular flexibility index (Phi) is 178. The molecule has 0 aliphatic heterocycles. The maximum absolute atomic E-state index is 2.26. The molecule has 0 fully saturated rings. The molecular weight excluding hydrogens is 216 g/mol. The summed E-state index contributed by atoms with van der Waals surface area (Å²) in [5.41, 5.74) is 0. The molecule has 0 spiro atoms. The minimum atomic E-state index is 0. The topological polar surface area (TPSA) is 0 Å². The molecule has 0 bridgehead atoms. The molecule has 0 aliphatic rings. The molecule has 0 heteroatoms. The van der Waals surface area contributed by atoms with Crippen molar-refractivity contribution in [3.05, 3.63) is 0 Å². The first-order valence-electron chi connectivity index (χ1n) is 8.33. The van der Waals surface area contributed by atoms with Crippen molar-refractivity contribution in [1.29, 1.82) is 0 Å². The zero-order chi connectivity index (χ0) is 14.9. The Morgan fingerprint density at radius 1 is 0.444 bits per heavy atom. The van der Waals surface area contributed by atoms with E-state index in [4.69, 9.17) is 0 Å². The zero-order valence-corrected chi connectivity index (χ0v) is 14.9. The van der Waals surface area contributed by atoms with Gasteiger partial charge in [0.2, 0.25) is 0 Å². The molecule has 0 saturated carbocycles. The van der Waals surface area contributed by atoms with E-state index in [2.05, 4.69) is 27.7 Å². The summed E-state index contributed by atoms with van der Waals surface area (Å²) in [4.78, 5) is 0. The first-order chi connectivity index (χ1) is 8.33. The van der Waals surface area contributed by atoms with Crippen LogP contribution < -0.4 is 0 Å². The maximum Gasteiger partial charge on any atom is -0.0533 e. The van der Waals surface area contributed by atoms with Crippen molar-refractivity contribution >= 4 is 0 Å². The molecule has 120 valence electrons. The standard InChI is InChI=1S/C8H18.C3H8.3C2H6.CH4/c1-3-5-7-8-6-4-2;1-3-2;3*1-2;/h3-8H2,1-2H3;3H2,1-2H3;3*1-2H3;1H4. The van der Waals surface area contributed by atoms with Gasteiger partial charge < -0.3 is 0 Å². The van der Waals surface area contributed by atoms with Crippen molar-refractivity contribution in [3.8, 4) is 0 Å². The molecule has 18 heavy (non-hydrogen) atoms. The summed E-state index contributed by atoms with van der Waals surface area (Å²) in [6.07, 6.45) is 9.74. The van der Waals surface area contributed by atoms with Crippen LogP contribution >= 0.6 is 0 Å². The molecule has 0 amide bonds.